The van der Waals surface area contributed by atoms with Crippen molar-refractivity contribution in [1.29, 1.82) is 0 Å². The minimum Gasteiger partial charge on any atom is -0.331 e. The van der Waals surface area contributed by atoms with Gasteiger partial charge in [-0.25, -0.2) is 0 Å². The van der Waals surface area contributed by atoms with Gasteiger partial charge in [-0.3, -0.25) is 4.79 Å². The summed E-state index contributed by atoms with van der Waals surface area (Å²) in [6, 6.07) is 16.0. The number of carbonyl (C=O) groups excluding carboxylic acids is 1. The summed E-state index contributed by atoms with van der Waals surface area (Å²) in [6.45, 7) is 5.59. The van der Waals surface area contributed by atoms with Crippen LogP contribution in [0.5, 0.6) is 0 Å². The van der Waals surface area contributed by atoms with Crippen LogP contribution in [0.4, 0.5) is 5.69 Å². The van der Waals surface area contributed by atoms with E-state index in [0.29, 0.717) is 5.16 Å². The van der Waals surface area contributed by atoms with E-state index in [1.54, 1.807) is 9.58 Å². The van der Waals surface area contributed by atoms with Crippen LogP contribution < -0.4 is 10.2 Å². The van der Waals surface area contributed by atoms with Crippen molar-refractivity contribution in [3.8, 4) is 5.69 Å². The minimum atomic E-state index is -0.0766. The molecule has 1 aliphatic rings. The van der Waals surface area contributed by atoms with Crippen LogP contribution >= 0.6 is 11.8 Å². The number of para-hydroxylation sites is 1. The molecule has 1 amide bonds. The number of likely N-dealkylation sites (tertiary alicyclic amines) is 1. The number of rotatable bonds is 7. The first-order valence-electron chi connectivity index (χ1n) is 9.88. The Morgan fingerprint density at radius 3 is 2.66 bits per heavy atom. The summed E-state index contributed by atoms with van der Waals surface area (Å²) < 4.78 is 1.67. The molecule has 8 heteroatoms. The Morgan fingerprint density at radius 2 is 1.90 bits per heavy atom. The number of carbonyl (C=O) groups is 1. The van der Waals surface area contributed by atoms with Crippen molar-refractivity contribution < 1.29 is 9.69 Å². The first kappa shape index (κ1) is 19.6. The number of nitrogens with zero attached hydrogens (tertiary/aromatic N) is 4. The molecule has 3 aromatic rings. The second-order valence-corrected chi connectivity index (χ2v) is 8.27. The van der Waals surface area contributed by atoms with Gasteiger partial charge in [-0.2, -0.15) is 4.68 Å². The van der Waals surface area contributed by atoms with Crippen LogP contribution in [-0.4, -0.2) is 45.0 Å². The van der Waals surface area contributed by atoms with E-state index in [9.17, 15) is 4.79 Å². The summed E-state index contributed by atoms with van der Waals surface area (Å²) in [4.78, 5) is 14.0. The molecule has 2 N–H and O–H groups in total. The van der Waals surface area contributed by atoms with Gasteiger partial charge < -0.3 is 10.2 Å². The Morgan fingerprint density at radius 1 is 1.14 bits per heavy atom. The highest BCUT2D eigenvalue weighted by Gasteiger charge is 2.16. The molecule has 1 fully saturated rings. The number of hydrogen-bond acceptors (Lipinski definition) is 5. The number of amides is 1. The topological polar surface area (TPSA) is 77.1 Å². The van der Waals surface area contributed by atoms with Gasteiger partial charge in [0.15, 0.2) is 0 Å². The lowest BCUT2D eigenvalue weighted by Crippen LogP contribution is -3.08. The van der Waals surface area contributed by atoms with Crippen molar-refractivity contribution in [1.82, 2.24) is 20.2 Å². The van der Waals surface area contributed by atoms with Gasteiger partial charge in [-0.15, -0.1) is 5.10 Å². The van der Waals surface area contributed by atoms with Gasteiger partial charge >= 0.3 is 0 Å². The quantitative estimate of drug-likeness (QED) is 0.583. The predicted molar refractivity (Wildman–Crippen MR) is 113 cm³/mol. The Hall–Kier alpha value is -2.71. The highest BCUT2D eigenvalue weighted by atomic mass is 32.2. The van der Waals surface area contributed by atoms with Gasteiger partial charge in [0.2, 0.25) is 11.1 Å². The van der Waals surface area contributed by atoms with Crippen molar-refractivity contribution >= 4 is 23.4 Å². The average molecular weight is 410 g/mol. The fraction of sp³-hybridized carbons (Fsp3) is 0.333. The number of thioether (sulfide) groups is 1. The van der Waals surface area contributed by atoms with E-state index >= 15 is 0 Å². The lowest BCUT2D eigenvalue weighted by molar-refractivity contribution is -0.901. The van der Waals surface area contributed by atoms with Crippen LogP contribution in [0, 0.1) is 6.92 Å². The van der Waals surface area contributed by atoms with Crippen LogP contribution in [0.1, 0.15) is 24.0 Å². The second kappa shape index (κ2) is 9.19. The zero-order valence-electron chi connectivity index (χ0n) is 16.5. The zero-order chi connectivity index (χ0) is 20.1. The molecule has 0 aliphatic carbocycles. The third kappa shape index (κ3) is 5.02. The molecule has 0 bridgehead atoms. The van der Waals surface area contributed by atoms with Crippen LogP contribution in [0.25, 0.3) is 5.69 Å². The molecular formula is C21H25N6OS+. The van der Waals surface area contributed by atoms with Crippen molar-refractivity contribution in [3.63, 3.8) is 0 Å². The van der Waals surface area contributed by atoms with Gasteiger partial charge in [0, 0.05) is 24.1 Å². The maximum Gasteiger partial charge on any atom is 0.234 e. The lowest BCUT2D eigenvalue weighted by atomic mass is 10.2. The molecule has 2 aromatic carbocycles. The van der Waals surface area contributed by atoms with Gasteiger partial charge in [0.1, 0.15) is 6.54 Å². The van der Waals surface area contributed by atoms with E-state index in [4.69, 9.17) is 0 Å². The lowest BCUT2D eigenvalue weighted by Gasteiger charge is -2.12. The molecule has 0 saturated carbocycles. The summed E-state index contributed by atoms with van der Waals surface area (Å²) in [5, 5.41) is 15.4. The van der Waals surface area contributed by atoms with Gasteiger partial charge in [-0.1, -0.05) is 42.1 Å². The van der Waals surface area contributed by atoms with Crippen molar-refractivity contribution in [3.05, 3.63) is 59.7 Å². The number of benzene rings is 2. The monoisotopic (exact) mass is 409 g/mol. The molecule has 4 rings (SSSR count). The first-order chi connectivity index (χ1) is 14.2. The van der Waals surface area contributed by atoms with E-state index in [1.807, 2.05) is 43.3 Å². The zero-order valence-corrected chi connectivity index (χ0v) is 17.3. The normalized spacial score (nSPS) is 14.2. The Bertz CT molecular complexity index is 965. The Kier molecular flexibility index (Phi) is 6.21. The van der Waals surface area contributed by atoms with Crippen molar-refractivity contribution in [2.45, 2.75) is 31.5 Å². The third-order valence-electron chi connectivity index (χ3n) is 5.12. The smallest absolute Gasteiger partial charge is 0.234 e. The number of aromatic nitrogens is 4. The number of quaternary nitrogens is 1. The molecule has 1 aromatic heterocycles. The van der Waals surface area contributed by atoms with Gasteiger partial charge in [-0.05, 0) is 41.1 Å². The largest absolute Gasteiger partial charge is 0.331 e. The highest BCUT2D eigenvalue weighted by Crippen LogP contribution is 2.20. The number of nitrogens with one attached hydrogen (secondary N) is 2. The van der Waals surface area contributed by atoms with E-state index in [1.165, 1.54) is 43.3 Å². The number of tetrazole rings is 1. The minimum absolute atomic E-state index is 0.0766. The fourth-order valence-corrected chi connectivity index (χ4v) is 4.28. The maximum absolute atomic E-state index is 12.4. The molecule has 0 spiro atoms. The van der Waals surface area contributed by atoms with Crippen LogP contribution in [0.2, 0.25) is 0 Å². The standard InChI is InChI=1S/C21H24N6OS/c1-16-6-2-3-7-19(16)27-21(23-24-25-27)29-15-20(28)22-18-10-8-17(9-11-18)14-26-12-4-5-13-26/h2-3,6-11H,4-5,12-15H2,1H3,(H,22,28)/p+1. The number of anilines is 1. The maximum atomic E-state index is 12.4. The predicted octanol–water partition coefficient (Wildman–Crippen LogP) is 1.88. The summed E-state index contributed by atoms with van der Waals surface area (Å²) >= 11 is 1.32. The molecule has 0 unspecified atom stereocenters. The van der Waals surface area contributed by atoms with Gasteiger partial charge in [0.25, 0.3) is 0 Å². The first-order valence-corrected chi connectivity index (χ1v) is 10.9. The van der Waals surface area contributed by atoms with Gasteiger partial charge in [0.05, 0.1) is 24.5 Å². The summed E-state index contributed by atoms with van der Waals surface area (Å²) in [6.07, 6.45) is 2.66. The average Bonchev–Trinajstić information content (AvgIpc) is 3.40. The Balaban J connectivity index is 1.32. The van der Waals surface area contributed by atoms with E-state index in [0.717, 1.165) is 23.5 Å². The molecule has 0 atom stereocenters. The SMILES string of the molecule is Cc1ccccc1-n1nnnc1SCC(=O)Nc1ccc(C[NH+]2CCCC2)cc1. The molecule has 150 valence electrons. The highest BCUT2D eigenvalue weighted by molar-refractivity contribution is 7.99. The van der Waals surface area contributed by atoms with Crippen LogP contribution in [-0.2, 0) is 11.3 Å². The molecule has 1 saturated heterocycles. The van der Waals surface area contributed by atoms with E-state index in [-0.39, 0.29) is 11.7 Å². The summed E-state index contributed by atoms with van der Waals surface area (Å²) in [5.41, 5.74) is 4.11. The van der Waals surface area contributed by atoms with Crippen LogP contribution in [0.15, 0.2) is 53.7 Å². The third-order valence-corrected chi connectivity index (χ3v) is 6.04. The summed E-state index contributed by atoms with van der Waals surface area (Å²) in [5.74, 6) is 0.165. The molecule has 1 aliphatic heterocycles. The number of hydrogen-bond donors (Lipinski definition) is 2. The summed E-state index contributed by atoms with van der Waals surface area (Å²) in [7, 11) is 0. The van der Waals surface area contributed by atoms with Crippen molar-refractivity contribution in [2.75, 3.05) is 24.2 Å². The van der Waals surface area contributed by atoms with E-state index < -0.39 is 0 Å². The number of aryl methyl sites for hydroxylation is 1. The molecule has 0 radical (unpaired) electrons. The fourth-order valence-electron chi connectivity index (χ4n) is 3.59. The second-order valence-electron chi connectivity index (χ2n) is 7.33. The Labute approximate surface area is 174 Å². The molecule has 29 heavy (non-hydrogen) atoms. The molecular weight excluding hydrogens is 384 g/mol. The molecule has 2 heterocycles. The molecule has 7 nitrogen and oxygen atoms in total. The van der Waals surface area contributed by atoms with Crippen LogP contribution in [0.3, 0.4) is 0 Å². The van der Waals surface area contributed by atoms with Crippen molar-refractivity contribution in [2.24, 2.45) is 0 Å². The van der Waals surface area contributed by atoms with E-state index in [2.05, 4.69) is 33.0 Å².